The van der Waals surface area contributed by atoms with Crippen molar-refractivity contribution in [2.24, 2.45) is 0 Å². The quantitative estimate of drug-likeness (QED) is 0.695. The smallest absolute Gasteiger partial charge is 0.341 e. The average molecular weight is 295 g/mol. The van der Waals surface area contributed by atoms with Crippen molar-refractivity contribution in [2.75, 3.05) is 12.3 Å². The van der Waals surface area contributed by atoms with Gasteiger partial charge in [0.05, 0.1) is 5.56 Å². The SMILES string of the molecule is Nc1ccc(F)c(C(=O)OCC(F)(F)c2ccccc2)c1. The first-order chi connectivity index (χ1) is 9.90. The molecule has 0 atom stereocenters. The summed E-state index contributed by atoms with van der Waals surface area (Å²) < 4.78 is 45.6. The number of anilines is 1. The number of rotatable bonds is 4. The molecule has 2 aromatic rings. The van der Waals surface area contributed by atoms with E-state index in [-0.39, 0.29) is 11.3 Å². The van der Waals surface area contributed by atoms with Crippen LogP contribution in [0.2, 0.25) is 0 Å². The molecule has 0 spiro atoms. The van der Waals surface area contributed by atoms with E-state index in [0.717, 1.165) is 12.1 Å². The van der Waals surface area contributed by atoms with Crippen LogP contribution in [0.25, 0.3) is 0 Å². The zero-order chi connectivity index (χ0) is 15.5. The Morgan fingerprint density at radius 2 is 1.81 bits per heavy atom. The molecule has 0 aromatic heterocycles. The molecule has 0 aliphatic carbocycles. The van der Waals surface area contributed by atoms with Crippen molar-refractivity contribution in [3.05, 3.63) is 65.5 Å². The summed E-state index contributed by atoms with van der Waals surface area (Å²) in [6.07, 6.45) is 0. The van der Waals surface area contributed by atoms with Crippen LogP contribution in [0.15, 0.2) is 48.5 Å². The van der Waals surface area contributed by atoms with Gasteiger partial charge in [0.1, 0.15) is 5.82 Å². The Kier molecular flexibility index (Phi) is 4.16. The van der Waals surface area contributed by atoms with Crippen LogP contribution in [0.5, 0.6) is 0 Å². The Bertz CT molecular complexity index is 645. The lowest BCUT2D eigenvalue weighted by Gasteiger charge is -2.16. The molecule has 0 aliphatic heterocycles. The second-order valence-corrected chi connectivity index (χ2v) is 4.39. The van der Waals surface area contributed by atoms with E-state index in [9.17, 15) is 18.0 Å². The van der Waals surface area contributed by atoms with Crippen LogP contribution >= 0.6 is 0 Å². The summed E-state index contributed by atoms with van der Waals surface area (Å²) in [6, 6.07) is 10.2. The summed E-state index contributed by atoms with van der Waals surface area (Å²) in [4.78, 5) is 11.6. The monoisotopic (exact) mass is 295 g/mol. The molecule has 0 saturated carbocycles. The van der Waals surface area contributed by atoms with E-state index < -0.39 is 29.9 Å². The van der Waals surface area contributed by atoms with Gasteiger partial charge in [-0.1, -0.05) is 30.3 Å². The summed E-state index contributed by atoms with van der Waals surface area (Å²) >= 11 is 0. The molecule has 0 aliphatic rings. The van der Waals surface area contributed by atoms with Gasteiger partial charge in [0.25, 0.3) is 0 Å². The molecule has 0 heterocycles. The predicted molar refractivity (Wildman–Crippen MR) is 71.4 cm³/mol. The van der Waals surface area contributed by atoms with Gasteiger partial charge in [0.2, 0.25) is 0 Å². The van der Waals surface area contributed by atoms with Crippen molar-refractivity contribution >= 4 is 11.7 Å². The maximum absolute atomic E-state index is 13.8. The molecular weight excluding hydrogens is 283 g/mol. The third-order valence-corrected chi connectivity index (χ3v) is 2.79. The minimum atomic E-state index is -3.35. The number of nitrogen functional groups attached to an aromatic ring is 1. The van der Waals surface area contributed by atoms with Gasteiger partial charge in [0.15, 0.2) is 6.61 Å². The van der Waals surface area contributed by atoms with Gasteiger partial charge in [-0.15, -0.1) is 0 Å². The minimum Gasteiger partial charge on any atom is -0.455 e. The number of hydrogen-bond donors (Lipinski definition) is 1. The third-order valence-electron chi connectivity index (χ3n) is 2.79. The van der Waals surface area contributed by atoms with Crippen LogP contribution in [0.1, 0.15) is 15.9 Å². The summed E-state index contributed by atoms with van der Waals surface area (Å²) in [6.45, 7) is -1.18. The number of carbonyl (C=O) groups excluding carboxylic acids is 1. The molecule has 0 bridgehead atoms. The number of nitrogens with two attached hydrogens (primary N) is 1. The number of halogens is 3. The van der Waals surface area contributed by atoms with Crippen molar-refractivity contribution in [1.29, 1.82) is 0 Å². The van der Waals surface area contributed by atoms with Crippen LogP contribution in [-0.2, 0) is 10.7 Å². The number of benzene rings is 2. The van der Waals surface area contributed by atoms with Crippen molar-refractivity contribution in [3.8, 4) is 0 Å². The first-order valence-electron chi connectivity index (χ1n) is 6.05. The zero-order valence-corrected chi connectivity index (χ0v) is 10.9. The van der Waals surface area contributed by atoms with E-state index >= 15 is 0 Å². The molecule has 0 saturated heterocycles. The van der Waals surface area contributed by atoms with Crippen LogP contribution < -0.4 is 5.73 Å². The van der Waals surface area contributed by atoms with Crippen LogP contribution in [-0.4, -0.2) is 12.6 Å². The second-order valence-electron chi connectivity index (χ2n) is 4.39. The lowest BCUT2D eigenvalue weighted by atomic mass is 10.1. The molecule has 0 fully saturated rings. The van der Waals surface area contributed by atoms with E-state index in [1.54, 1.807) is 6.07 Å². The highest BCUT2D eigenvalue weighted by atomic mass is 19.3. The standard InChI is InChI=1S/C15H12F3NO2/c16-13-7-6-11(19)8-12(13)14(20)21-9-15(17,18)10-4-2-1-3-5-10/h1-8H,9,19H2. The van der Waals surface area contributed by atoms with E-state index in [2.05, 4.69) is 4.74 Å². The summed E-state index contributed by atoms with van der Waals surface area (Å²) in [7, 11) is 0. The van der Waals surface area contributed by atoms with Gasteiger partial charge in [-0.3, -0.25) is 0 Å². The molecule has 21 heavy (non-hydrogen) atoms. The minimum absolute atomic E-state index is 0.137. The van der Waals surface area contributed by atoms with Gasteiger partial charge >= 0.3 is 11.9 Å². The van der Waals surface area contributed by atoms with Crippen molar-refractivity contribution in [2.45, 2.75) is 5.92 Å². The highest BCUT2D eigenvalue weighted by Gasteiger charge is 2.33. The Morgan fingerprint density at radius 3 is 2.48 bits per heavy atom. The Labute approximate surface area is 119 Å². The number of ether oxygens (including phenoxy) is 1. The molecule has 0 unspecified atom stereocenters. The fourth-order valence-electron chi connectivity index (χ4n) is 1.70. The summed E-state index contributed by atoms with van der Waals surface area (Å²) in [5, 5.41) is 0. The van der Waals surface area contributed by atoms with Gasteiger partial charge in [-0.2, -0.15) is 8.78 Å². The second kappa shape index (κ2) is 5.87. The van der Waals surface area contributed by atoms with Crippen molar-refractivity contribution in [3.63, 3.8) is 0 Å². The largest absolute Gasteiger partial charge is 0.455 e. The average Bonchev–Trinajstić information content (AvgIpc) is 2.48. The third kappa shape index (κ3) is 3.53. The normalized spacial score (nSPS) is 11.2. The predicted octanol–water partition coefficient (Wildman–Crippen LogP) is 3.36. The van der Waals surface area contributed by atoms with E-state index in [4.69, 9.17) is 5.73 Å². The molecule has 0 amide bonds. The zero-order valence-electron chi connectivity index (χ0n) is 10.9. The van der Waals surface area contributed by atoms with E-state index in [0.29, 0.717) is 0 Å². The van der Waals surface area contributed by atoms with E-state index in [1.807, 2.05) is 0 Å². The van der Waals surface area contributed by atoms with Crippen LogP contribution in [0, 0.1) is 5.82 Å². The Morgan fingerprint density at radius 1 is 1.14 bits per heavy atom. The maximum atomic E-state index is 13.8. The first-order valence-corrected chi connectivity index (χ1v) is 6.05. The number of carbonyl (C=O) groups is 1. The van der Waals surface area contributed by atoms with Crippen molar-refractivity contribution < 1.29 is 22.7 Å². The number of esters is 1. The van der Waals surface area contributed by atoms with Gasteiger partial charge in [0, 0.05) is 11.3 Å². The van der Waals surface area contributed by atoms with Crippen LogP contribution in [0.3, 0.4) is 0 Å². The highest BCUT2D eigenvalue weighted by Crippen LogP contribution is 2.28. The number of hydrogen-bond acceptors (Lipinski definition) is 3. The van der Waals surface area contributed by atoms with Crippen molar-refractivity contribution in [1.82, 2.24) is 0 Å². The topological polar surface area (TPSA) is 52.3 Å². The Hall–Kier alpha value is -2.50. The molecule has 0 radical (unpaired) electrons. The Balaban J connectivity index is 2.09. The first kappa shape index (κ1) is 14.9. The molecule has 2 aromatic carbocycles. The lowest BCUT2D eigenvalue weighted by Crippen LogP contribution is -2.24. The molecule has 6 heteroatoms. The highest BCUT2D eigenvalue weighted by molar-refractivity contribution is 5.90. The van der Waals surface area contributed by atoms with Crippen LogP contribution in [0.4, 0.5) is 18.9 Å². The summed E-state index contributed by atoms with van der Waals surface area (Å²) in [5.41, 5.74) is 4.79. The fraction of sp³-hybridized carbons (Fsp3) is 0.133. The van der Waals surface area contributed by atoms with Gasteiger partial charge < -0.3 is 10.5 Å². The maximum Gasteiger partial charge on any atom is 0.341 e. The van der Waals surface area contributed by atoms with Gasteiger partial charge in [-0.25, -0.2) is 9.18 Å². The van der Waals surface area contributed by atoms with Gasteiger partial charge in [-0.05, 0) is 18.2 Å². The van der Waals surface area contributed by atoms with E-state index in [1.165, 1.54) is 30.3 Å². The molecule has 2 rings (SSSR count). The fourth-order valence-corrected chi connectivity index (χ4v) is 1.70. The molecule has 3 nitrogen and oxygen atoms in total. The lowest BCUT2D eigenvalue weighted by molar-refractivity contribution is -0.0663. The molecule has 2 N–H and O–H groups in total. The number of alkyl halides is 2. The molecule has 110 valence electrons. The molecular formula is C15H12F3NO2. The summed E-state index contributed by atoms with van der Waals surface area (Å²) in [5.74, 6) is -5.42.